The standard InChI is InChI=1S/C22H29N3O3/c1-24(10-12-26)22(27)18-14-20(23-19-9-5-4-8-17(18)19)21-15-25(11-13-28-21)16-6-2-3-7-16/h4-5,8-9,14,16,21,26H,2-3,6-7,10-13,15H2,1H3/t21-/m0/s1. The van der Waals surface area contributed by atoms with E-state index in [4.69, 9.17) is 9.72 Å². The zero-order valence-electron chi connectivity index (χ0n) is 16.5. The van der Waals surface area contributed by atoms with Gasteiger partial charge >= 0.3 is 0 Å². The van der Waals surface area contributed by atoms with Crippen LogP contribution in [0.2, 0.25) is 0 Å². The fourth-order valence-corrected chi connectivity index (χ4v) is 4.44. The van der Waals surface area contributed by atoms with E-state index in [2.05, 4.69) is 4.90 Å². The van der Waals surface area contributed by atoms with Crippen molar-refractivity contribution in [2.45, 2.75) is 37.8 Å². The lowest BCUT2D eigenvalue weighted by Gasteiger charge is -2.36. The zero-order chi connectivity index (χ0) is 19.5. The van der Waals surface area contributed by atoms with Gasteiger partial charge in [0.15, 0.2) is 0 Å². The molecule has 1 aromatic carbocycles. The molecule has 1 aliphatic heterocycles. The van der Waals surface area contributed by atoms with Crippen LogP contribution < -0.4 is 0 Å². The number of hydrogen-bond donors (Lipinski definition) is 1. The molecule has 4 rings (SSSR count). The molecule has 150 valence electrons. The predicted molar refractivity (Wildman–Crippen MR) is 108 cm³/mol. The average molecular weight is 383 g/mol. The van der Waals surface area contributed by atoms with Crippen molar-refractivity contribution in [3.63, 3.8) is 0 Å². The molecule has 1 N–H and O–H groups in total. The monoisotopic (exact) mass is 383 g/mol. The minimum absolute atomic E-state index is 0.0554. The molecule has 1 aliphatic carbocycles. The van der Waals surface area contributed by atoms with Gasteiger partial charge in [-0.25, -0.2) is 4.98 Å². The summed E-state index contributed by atoms with van der Waals surface area (Å²) < 4.78 is 6.08. The van der Waals surface area contributed by atoms with Crippen molar-refractivity contribution in [2.75, 3.05) is 39.9 Å². The molecule has 2 aliphatic rings. The number of likely N-dealkylation sites (N-methyl/N-ethyl adjacent to an activating group) is 1. The lowest BCUT2D eigenvalue weighted by molar-refractivity contribution is -0.0458. The fraction of sp³-hybridized carbons (Fsp3) is 0.545. The Balaban J connectivity index is 1.66. The molecule has 2 fully saturated rings. The first-order chi connectivity index (χ1) is 13.7. The summed E-state index contributed by atoms with van der Waals surface area (Å²) in [5, 5.41) is 10.0. The van der Waals surface area contributed by atoms with E-state index >= 15 is 0 Å². The molecule has 28 heavy (non-hydrogen) atoms. The molecule has 6 nitrogen and oxygen atoms in total. The van der Waals surface area contributed by atoms with E-state index in [1.165, 1.54) is 25.7 Å². The van der Waals surface area contributed by atoms with Gasteiger partial charge in [0.2, 0.25) is 0 Å². The highest BCUT2D eigenvalue weighted by molar-refractivity contribution is 6.06. The summed E-state index contributed by atoms with van der Waals surface area (Å²) >= 11 is 0. The Morgan fingerprint density at radius 2 is 2.11 bits per heavy atom. The van der Waals surface area contributed by atoms with Gasteiger partial charge in [0, 0.05) is 38.1 Å². The first kappa shape index (κ1) is 19.3. The van der Waals surface area contributed by atoms with Crippen LogP contribution >= 0.6 is 0 Å². The molecule has 2 heterocycles. The summed E-state index contributed by atoms with van der Waals surface area (Å²) in [7, 11) is 1.71. The number of nitrogens with zero attached hydrogens (tertiary/aromatic N) is 3. The van der Waals surface area contributed by atoms with Crippen LogP contribution in [0.25, 0.3) is 10.9 Å². The van der Waals surface area contributed by atoms with Crippen molar-refractivity contribution < 1.29 is 14.6 Å². The summed E-state index contributed by atoms with van der Waals surface area (Å²) in [6.07, 6.45) is 5.06. The molecular weight excluding hydrogens is 354 g/mol. The third-order valence-corrected chi connectivity index (χ3v) is 6.02. The molecule has 1 amide bonds. The van der Waals surface area contributed by atoms with E-state index in [0.29, 0.717) is 24.8 Å². The molecule has 6 heteroatoms. The minimum Gasteiger partial charge on any atom is -0.395 e. The Labute approximate surface area is 166 Å². The number of rotatable bonds is 5. The van der Waals surface area contributed by atoms with Gasteiger partial charge in [0.25, 0.3) is 5.91 Å². The summed E-state index contributed by atoms with van der Waals surface area (Å²) in [4.78, 5) is 21.9. The number of benzene rings is 1. The first-order valence-electron chi connectivity index (χ1n) is 10.3. The van der Waals surface area contributed by atoms with Crippen LogP contribution in [-0.4, -0.2) is 71.7 Å². The maximum Gasteiger partial charge on any atom is 0.254 e. The third-order valence-electron chi connectivity index (χ3n) is 6.02. The normalized spacial score (nSPS) is 21.3. The summed E-state index contributed by atoms with van der Waals surface area (Å²) in [5.41, 5.74) is 2.25. The molecule has 0 bridgehead atoms. The lowest BCUT2D eigenvalue weighted by atomic mass is 10.0. The smallest absolute Gasteiger partial charge is 0.254 e. The fourth-order valence-electron chi connectivity index (χ4n) is 4.44. The average Bonchev–Trinajstić information content (AvgIpc) is 3.28. The van der Waals surface area contributed by atoms with Crippen molar-refractivity contribution >= 4 is 16.8 Å². The molecule has 1 atom stereocenters. The predicted octanol–water partition coefficient (Wildman–Crippen LogP) is 2.62. The number of morpholine rings is 1. The van der Waals surface area contributed by atoms with Gasteiger partial charge in [-0.3, -0.25) is 9.69 Å². The SMILES string of the molecule is CN(CCO)C(=O)c1cc([C@@H]2CN(C3CCCC3)CCO2)nc2ccccc12. The quantitative estimate of drug-likeness (QED) is 0.860. The van der Waals surface area contributed by atoms with Crippen LogP contribution in [-0.2, 0) is 4.74 Å². The summed E-state index contributed by atoms with van der Waals surface area (Å²) in [6.45, 7) is 2.75. The first-order valence-corrected chi connectivity index (χ1v) is 10.3. The summed E-state index contributed by atoms with van der Waals surface area (Å²) in [5.74, 6) is -0.0997. The van der Waals surface area contributed by atoms with E-state index in [-0.39, 0.29) is 18.6 Å². The maximum absolute atomic E-state index is 13.0. The van der Waals surface area contributed by atoms with E-state index in [1.54, 1.807) is 11.9 Å². The van der Waals surface area contributed by atoms with Crippen LogP contribution in [0, 0.1) is 0 Å². The van der Waals surface area contributed by atoms with Gasteiger partial charge in [-0.05, 0) is 25.0 Å². The molecule has 1 aromatic heterocycles. The largest absolute Gasteiger partial charge is 0.395 e. The van der Waals surface area contributed by atoms with Crippen LogP contribution in [0.4, 0.5) is 0 Å². The number of ether oxygens (including phenoxy) is 1. The topological polar surface area (TPSA) is 65.9 Å². The Kier molecular flexibility index (Phi) is 5.90. The Bertz CT molecular complexity index is 835. The highest BCUT2D eigenvalue weighted by atomic mass is 16.5. The highest BCUT2D eigenvalue weighted by Crippen LogP contribution is 2.30. The van der Waals surface area contributed by atoms with Crippen LogP contribution in [0.1, 0.15) is 47.8 Å². The van der Waals surface area contributed by atoms with Crippen LogP contribution in [0.5, 0.6) is 0 Å². The van der Waals surface area contributed by atoms with Gasteiger partial charge in [0.05, 0.1) is 30.0 Å². The highest BCUT2D eigenvalue weighted by Gasteiger charge is 2.30. The minimum atomic E-state index is -0.117. The van der Waals surface area contributed by atoms with E-state index in [0.717, 1.165) is 29.7 Å². The molecular formula is C22H29N3O3. The number of fused-ring (bicyclic) bond motifs is 1. The number of carbonyl (C=O) groups is 1. The number of aliphatic hydroxyl groups excluding tert-OH is 1. The van der Waals surface area contributed by atoms with Crippen molar-refractivity contribution in [3.05, 3.63) is 41.6 Å². The second kappa shape index (κ2) is 8.55. The Morgan fingerprint density at radius 3 is 2.89 bits per heavy atom. The second-order valence-corrected chi connectivity index (χ2v) is 7.85. The van der Waals surface area contributed by atoms with Crippen LogP contribution in [0.3, 0.4) is 0 Å². The number of hydrogen-bond acceptors (Lipinski definition) is 5. The van der Waals surface area contributed by atoms with Gasteiger partial charge in [-0.15, -0.1) is 0 Å². The van der Waals surface area contributed by atoms with E-state index < -0.39 is 0 Å². The number of amides is 1. The zero-order valence-corrected chi connectivity index (χ0v) is 16.5. The van der Waals surface area contributed by atoms with E-state index in [1.807, 2.05) is 30.3 Å². The number of aliphatic hydroxyl groups is 1. The number of para-hydroxylation sites is 1. The van der Waals surface area contributed by atoms with Gasteiger partial charge in [0.1, 0.15) is 6.10 Å². The van der Waals surface area contributed by atoms with Gasteiger partial charge in [-0.1, -0.05) is 31.0 Å². The Hall–Kier alpha value is -2.02. The van der Waals surface area contributed by atoms with Crippen LogP contribution in [0.15, 0.2) is 30.3 Å². The molecule has 1 saturated carbocycles. The second-order valence-electron chi connectivity index (χ2n) is 7.85. The molecule has 0 radical (unpaired) electrons. The summed E-state index contributed by atoms with van der Waals surface area (Å²) in [6, 6.07) is 10.3. The molecule has 0 spiro atoms. The van der Waals surface area contributed by atoms with Crippen molar-refractivity contribution in [2.24, 2.45) is 0 Å². The number of carbonyl (C=O) groups excluding carboxylic acids is 1. The molecule has 1 saturated heterocycles. The van der Waals surface area contributed by atoms with E-state index in [9.17, 15) is 9.90 Å². The maximum atomic E-state index is 13.0. The Morgan fingerprint density at radius 1 is 1.32 bits per heavy atom. The van der Waals surface area contributed by atoms with Crippen molar-refractivity contribution in [1.82, 2.24) is 14.8 Å². The van der Waals surface area contributed by atoms with Crippen molar-refractivity contribution in [1.29, 1.82) is 0 Å². The van der Waals surface area contributed by atoms with Gasteiger partial charge in [-0.2, -0.15) is 0 Å². The lowest BCUT2D eigenvalue weighted by Crippen LogP contribution is -2.43. The molecule has 0 unspecified atom stereocenters. The number of pyridine rings is 1. The third kappa shape index (κ3) is 3.90. The number of aromatic nitrogens is 1. The molecule has 2 aromatic rings. The van der Waals surface area contributed by atoms with Crippen molar-refractivity contribution in [3.8, 4) is 0 Å². The van der Waals surface area contributed by atoms with Gasteiger partial charge < -0.3 is 14.7 Å².